The highest BCUT2D eigenvalue weighted by molar-refractivity contribution is 6.30. The first-order valence-corrected chi connectivity index (χ1v) is 6.82. The molecule has 0 radical (unpaired) electrons. The predicted octanol–water partition coefficient (Wildman–Crippen LogP) is 3.30. The number of anilines is 1. The molecule has 0 amide bonds. The van der Waals surface area contributed by atoms with Crippen LogP contribution in [0.1, 0.15) is 20.8 Å². The second-order valence-corrected chi connectivity index (χ2v) is 5.79. The summed E-state index contributed by atoms with van der Waals surface area (Å²) < 4.78 is 13.9. The minimum absolute atomic E-state index is 0.198. The van der Waals surface area contributed by atoms with Crippen molar-refractivity contribution in [3.05, 3.63) is 29.0 Å². The van der Waals surface area contributed by atoms with E-state index in [0.717, 1.165) is 13.1 Å². The van der Waals surface area contributed by atoms with Crippen molar-refractivity contribution in [1.29, 1.82) is 0 Å². The first kappa shape index (κ1) is 13.6. The monoisotopic (exact) mass is 270 g/mol. The average Bonchev–Trinajstić information content (AvgIpc) is 2.33. The highest BCUT2D eigenvalue weighted by Crippen LogP contribution is 2.27. The van der Waals surface area contributed by atoms with Crippen LogP contribution < -0.4 is 10.2 Å². The molecule has 0 aliphatic carbocycles. The summed E-state index contributed by atoms with van der Waals surface area (Å²) in [4.78, 5) is 2.11. The van der Waals surface area contributed by atoms with E-state index < -0.39 is 0 Å². The maximum atomic E-state index is 13.9. The zero-order valence-electron chi connectivity index (χ0n) is 11.1. The van der Waals surface area contributed by atoms with Crippen molar-refractivity contribution in [3.63, 3.8) is 0 Å². The third kappa shape index (κ3) is 2.78. The van der Waals surface area contributed by atoms with Crippen LogP contribution in [0, 0.1) is 11.7 Å². The van der Waals surface area contributed by atoms with Gasteiger partial charge in [0.15, 0.2) is 0 Å². The Labute approximate surface area is 113 Å². The van der Waals surface area contributed by atoms with Crippen molar-refractivity contribution in [2.24, 2.45) is 5.92 Å². The maximum absolute atomic E-state index is 13.9. The first-order valence-electron chi connectivity index (χ1n) is 6.44. The van der Waals surface area contributed by atoms with Crippen LogP contribution in [0.2, 0.25) is 5.02 Å². The van der Waals surface area contributed by atoms with E-state index in [0.29, 0.717) is 22.7 Å². The second kappa shape index (κ2) is 5.45. The molecule has 0 bridgehead atoms. The molecule has 1 heterocycles. The van der Waals surface area contributed by atoms with Gasteiger partial charge in [0.05, 0.1) is 5.69 Å². The number of nitrogens with one attached hydrogen (secondary N) is 1. The molecule has 1 fully saturated rings. The molecular formula is C14H20ClFN2. The Morgan fingerprint density at radius 2 is 2.17 bits per heavy atom. The van der Waals surface area contributed by atoms with E-state index in [1.165, 1.54) is 6.07 Å². The topological polar surface area (TPSA) is 15.3 Å². The summed E-state index contributed by atoms with van der Waals surface area (Å²) in [5, 5.41) is 4.09. The quantitative estimate of drug-likeness (QED) is 0.887. The fraction of sp³-hybridized carbons (Fsp3) is 0.571. The number of benzene rings is 1. The molecule has 1 aromatic carbocycles. The lowest BCUT2D eigenvalue weighted by Gasteiger charge is -2.42. The second-order valence-electron chi connectivity index (χ2n) is 5.36. The lowest BCUT2D eigenvalue weighted by atomic mass is 9.99. The largest absolute Gasteiger partial charge is 0.364 e. The van der Waals surface area contributed by atoms with Crippen LogP contribution in [0.25, 0.3) is 0 Å². The molecule has 0 spiro atoms. The molecular weight excluding hydrogens is 251 g/mol. The van der Waals surface area contributed by atoms with Crippen molar-refractivity contribution in [2.45, 2.75) is 32.9 Å². The molecule has 0 saturated carbocycles. The van der Waals surface area contributed by atoms with Crippen LogP contribution in [0.3, 0.4) is 0 Å². The molecule has 2 nitrogen and oxygen atoms in total. The van der Waals surface area contributed by atoms with Crippen molar-refractivity contribution in [2.75, 3.05) is 18.0 Å². The molecule has 18 heavy (non-hydrogen) atoms. The summed E-state index contributed by atoms with van der Waals surface area (Å²) in [6.07, 6.45) is 0. The molecule has 2 rings (SSSR count). The number of hydrogen-bond donors (Lipinski definition) is 1. The molecule has 2 unspecified atom stereocenters. The zero-order chi connectivity index (χ0) is 13.3. The highest BCUT2D eigenvalue weighted by atomic mass is 35.5. The fourth-order valence-electron chi connectivity index (χ4n) is 2.38. The lowest BCUT2D eigenvalue weighted by Crippen LogP contribution is -2.57. The van der Waals surface area contributed by atoms with E-state index in [-0.39, 0.29) is 11.9 Å². The van der Waals surface area contributed by atoms with E-state index in [9.17, 15) is 4.39 Å². The molecule has 1 saturated heterocycles. The van der Waals surface area contributed by atoms with Gasteiger partial charge < -0.3 is 10.2 Å². The van der Waals surface area contributed by atoms with E-state index in [4.69, 9.17) is 11.6 Å². The van der Waals surface area contributed by atoms with Gasteiger partial charge in [0.25, 0.3) is 0 Å². The van der Waals surface area contributed by atoms with Crippen LogP contribution >= 0.6 is 11.6 Å². The molecule has 0 aromatic heterocycles. The Balaban J connectivity index is 2.26. The normalized spacial score (nSPS) is 24.7. The number of hydrogen-bond acceptors (Lipinski definition) is 2. The number of halogens is 2. The number of piperazine rings is 1. The zero-order valence-corrected chi connectivity index (χ0v) is 11.8. The number of rotatable bonds is 2. The van der Waals surface area contributed by atoms with Crippen molar-refractivity contribution >= 4 is 17.3 Å². The Bertz CT molecular complexity index is 422. The summed E-state index contributed by atoms with van der Waals surface area (Å²) in [6.45, 7) is 8.15. The van der Waals surface area contributed by atoms with Crippen molar-refractivity contribution in [1.82, 2.24) is 5.32 Å². The Morgan fingerprint density at radius 1 is 1.44 bits per heavy atom. The summed E-state index contributed by atoms with van der Waals surface area (Å²) in [5.41, 5.74) is 0.613. The molecule has 1 N–H and O–H groups in total. The van der Waals surface area contributed by atoms with E-state index in [1.807, 2.05) is 0 Å². The van der Waals surface area contributed by atoms with E-state index >= 15 is 0 Å². The fourth-order valence-corrected chi connectivity index (χ4v) is 2.54. The third-order valence-corrected chi connectivity index (χ3v) is 3.86. The van der Waals surface area contributed by atoms with Crippen molar-refractivity contribution < 1.29 is 4.39 Å². The van der Waals surface area contributed by atoms with Gasteiger partial charge in [-0.1, -0.05) is 25.4 Å². The van der Waals surface area contributed by atoms with Gasteiger partial charge in [-0.3, -0.25) is 0 Å². The summed E-state index contributed by atoms with van der Waals surface area (Å²) in [5.74, 6) is 0.331. The third-order valence-electron chi connectivity index (χ3n) is 3.62. The molecule has 4 heteroatoms. The maximum Gasteiger partial charge on any atom is 0.146 e. The van der Waals surface area contributed by atoms with Gasteiger partial charge in [-0.15, -0.1) is 0 Å². The molecule has 100 valence electrons. The van der Waals surface area contributed by atoms with Gasteiger partial charge in [-0.25, -0.2) is 4.39 Å². The van der Waals surface area contributed by atoms with Crippen LogP contribution in [-0.2, 0) is 0 Å². The summed E-state index contributed by atoms with van der Waals surface area (Å²) in [6, 6.07) is 5.41. The molecule has 2 atom stereocenters. The predicted molar refractivity (Wildman–Crippen MR) is 74.8 cm³/mol. The minimum atomic E-state index is -0.198. The van der Waals surface area contributed by atoms with Gasteiger partial charge in [0.2, 0.25) is 0 Å². The first-order chi connectivity index (χ1) is 8.49. The van der Waals surface area contributed by atoms with Crippen LogP contribution in [0.15, 0.2) is 18.2 Å². The molecule has 1 aliphatic heterocycles. The minimum Gasteiger partial charge on any atom is -0.364 e. The van der Waals surface area contributed by atoms with Gasteiger partial charge >= 0.3 is 0 Å². The summed E-state index contributed by atoms with van der Waals surface area (Å²) >= 11 is 5.97. The SMILES string of the molecule is CC(C)C1CN(c2cc(Cl)ccc2F)C(C)CN1. The van der Waals surface area contributed by atoms with Gasteiger partial charge in [0, 0.05) is 30.2 Å². The highest BCUT2D eigenvalue weighted by Gasteiger charge is 2.28. The molecule has 1 aromatic rings. The van der Waals surface area contributed by atoms with E-state index in [2.05, 4.69) is 31.0 Å². The van der Waals surface area contributed by atoms with Crippen LogP contribution in [0.4, 0.5) is 10.1 Å². The number of nitrogens with zero attached hydrogens (tertiary/aromatic N) is 1. The Hall–Kier alpha value is -0.800. The lowest BCUT2D eigenvalue weighted by molar-refractivity contribution is 0.335. The summed E-state index contributed by atoms with van der Waals surface area (Å²) in [7, 11) is 0. The standard InChI is InChI=1S/C14H20ClFN2/c1-9(2)13-8-18(10(3)7-17-13)14-6-11(15)4-5-12(14)16/h4-6,9-10,13,17H,7-8H2,1-3H3. The van der Waals surface area contributed by atoms with E-state index in [1.54, 1.807) is 12.1 Å². The average molecular weight is 271 g/mol. The van der Waals surface area contributed by atoms with Crippen molar-refractivity contribution in [3.8, 4) is 0 Å². The van der Waals surface area contributed by atoms with Crippen LogP contribution in [-0.4, -0.2) is 25.2 Å². The smallest absolute Gasteiger partial charge is 0.146 e. The molecule has 1 aliphatic rings. The Morgan fingerprint density at radius 3 is 2.83 bits per heavy atom. The van der Waals surface area contributed by atoms with Gasteiger partial charge in [-0.2, -0.15) is 0 Å². The Kier molecular flexibility index (Phi) is 4.13. The van der Waals surface area contributed by atoms with Gasteiger partial charge in [0.1, 0.15) is 5.82 Å². The van der Waals surface area contributed by atoms with Gasteiger partial charge in [-0.05, 0) is 31.0 Å². The van der Waals surface area contributed by atoms with Crippen LogP contribution in [0.5, 0.6) is 0 Å².